The molecule has 0 saturated carbocycles. The van der Waals surface area contributed by atoms with Crippen molar-refractivity contribution in [3.05, 3.63) is 23.5 Å². The molecule has 0 aromatic carbocycles. The molecule has 6 nitrogen and oxygen atoms in total. The van der Waals surface area contributed by atoms with Gasteiger partial charge >= 0.3 is 0 Å². The Balaban J connectivity index is 1.87. The molecule has 2 aromatic heterocycles. The number of pyridine rings is 1. The Morgan fingerprint density at radius 1 is 1.52 bits per heavy atom. The maximum absolute atomic E-state index is 12.6. The van der Waals surface area contributed by atoms with Gasteiger partial charge in [-0.25, -0.2) is 4.98 Å². The number of aromatic nitrogens is 3. The topological polar surface area (TPSA) is 71.2 Å². The minimum absolute atomic E-state index is 0.0178. The lowest BCUT2D eigenvalue weighted by atomic mass is 10.0. The normalized spacial score (nSPS) is 20.2. The zero-order valence-corrected chi connectivity index (χ0v) is 12.6. The molecule has 1 N–H and O–H groups in total. The van der Waals surface area contributed by atoms with E-state index in [2.05, 4.69) is 10.1 Å². The Labute approximate surface area is 123 Å². The van der Waals surface area contributed by atoms with E-state index in [1.54, 1.807) is 22.7 Å². The molecule has 2 unspecified atom stereocenters. The highest BCUT2D eigenvalue weighted by Crippen LogP contribution is 2.23. The number of hydrogen-bond donors (Lipinski definition) is 1. The fourth-order valence-electron chi connectivity index (χ4n) is 2.97. The first kappa shape index (κ1) is 14.0. The first-order valence-corrected chi connectivity index (χ1v) is 7.24. The number of aryl methyl sites for hydroxylation is 2. The van der Waals surface area contributed by atoms with Gasteiger partial charge in [-0.05, 0) is 26.3 Å². The van der Waals surface area contributed by atoms with Crippen molar-refractivity contribution in [3.8, 4) is 0 Å². The Bertz CT molecular complexity index is 692. The summed E-state index contributed by atoms with van der Waals surface area (Å²) in [6.45, 7) is 5.00. The molecule has 0 aliphatic carbocycles. The fourth-order valence-corrected chi connectivity index (χ4v) is 2.97. The Hall–Kier alpha value is -1.95. The number of carbonyl (C=O) groups is 1. The largest absolute Gasteiger partial charge is 0.393 e. The second-order valence-electron chi connectivity index (χ2n) is 5.84. The average Bonchev–Trinajstić information content (AvgIpc) is 3.04. The second kappa shape index (κ2) is 5.11. The molecule has 0 spiro atoms. The maximum atomic E-state index is 12.6. The van der Waals surface area contributed by atoms with Crippen molar-refractivity contribution < 1.29 is 9.90 Å². The van der Waals surface area contributed by atoms with Crippen LogP contribution in [-0.2, 0) is 7.05 Å². The molecule has 21 heavy (non-hydrogen) atoms. The van der Waals surface area contributed by atoms with E-state index >= 15 is 0 Å². The molecule has 1 aliphatic rings. The van der Waals surface area contributed by atoms with Crippen molar-refractivity contribution in [3.63, 3.8) is 0 Å². The number of aliphatic hydroxyl groups excluding tert-OH is 1. The van der Waals surface area contributed by atoms with Crippen molar-refractivity contribution in [1.82, 2.24) is 19.7 Å². The van der Waals surface area contributed by atoms with E-state index < -0.39 is 0 Å². The Kier molecular flexibility index (Phi) is 3.41. The minimum atomic E-state index is -0.371. The lowest BCUT2D eigenvalue weighted by molar-refractivity contribution is 0.0762. The van der Waals surface area contributed by atoms with Gasteiger partial charge < -0.3 is 10.0 Å². The first-order valence-electron chi connectivity index (χ1n) is 7.24. The van der Waals surface area contributed by atoms with Gasteiger partial charge in [0.05, 0.1) is 17.4 Å². The van der Waals surface area contributed by atoms with Crippen molar-refractivity contribution in [2.24, 2.45) is 13.0 Å². The molecule has 1 fully saturated rings. The fraction of sp³-hybridized carbons (Fsp3) is 0.533. The van der Waals surface area contributed by atoms with Crippen LogP contribution < -0.4 is 0 Å². The second-order valence-corrected chi connectivity index (χ2v) is 5.84. The lowest BCUT2D eigenvalue weighted by Gasteiger charge is -2.17. The SMILES string of the molecule is Cc1nn(C)c2ncc(C(=O)N3CCC(C(C)O)C3)cc12. The van der Waals surface area contributed by atoms with Crippen LogP contribution >= 0.6 is 0 Å². The van der Waals surface area contributed by atoms with Gasteiger partial charge in [-0.1, -0.05) is 0 Å². The number of hydrogen-bond acceptors (Lipinski definition) is 4. The number of fused-ring (bicyclic) bond motifs is 1. The highest BCUT2D eigenvalue weighted by Gasteiger charge is 2.29. The van der Waals surface area contributed by atoms with Crippen LogP contribution in [0.2, 0.25) is 0 Å². The number of rotatable bonds is 2. The van der Waals surface area contributed by atoms with E-state index in [9.17, 15) is 9.90 Å². The molecule has 1 amide bonds. The van der Waals surface area contributed by atoms with E-state index in [1.807, 2.05) is 20.0 Å². The molecular formula is C15H20N4O2. The number of carbonyl (C=O) groups excluding carboxylic acids is 1. The van der Waals surface area contributed by atoms with Crippen molar-refractivity contribution in [2.45, 2.75) is 26.4 Å². The van der Waals surface area contributed by atoms with Gasteiger partial charge in [0, 0.05) is 37.6 Å². The Morgan fingerprint density at radius 2 is 2.29 bits per heavy atom. The summed E-state index contributed by atoms with van der Waals surface area (Å²) in [4.78, 5) is 18.7. The third-order valence-corrected chi connectivity index (χ3v) is 4.30. The van der Waals surface area contributed by atoms with Crippen LogP contribution in [0.25, 0.3) is 11.0 Å². The predicted octanol–water partition coefficient (Wildman–Crippen LogP) is 1.12. The van der Waals surface area contributed by atoms with E-state index in [1.165, 1.54) is 0 Å². The van der Waals surface area contributed by atoms with Gasteiger partial charge in [-0.2, -0.15) is 5.10 Å². The first-order chi connectivity index (χ1) is 9.97. The molecular weight excluding hydrogens is 268 g/mol. The van der Waals surface area contributed by atoms with Crippen LogP contribution in [0, 0.1) is 12.8 Å². The predicted molar refractivity (Wildman–Crippen MR) is 78.9 cm³/mol. The molecule has 112 valence electrons. The van der Waals surface area contributed by atoms with Gasteiger partial charge in [-0.15, -0.1) is 0 Å². The summed E-state index contributed by atoms with van der Waals surface area (Å²) in [5.74, 6) is 0.154. The van der Waals surface area contributed by atoms with E-state index in [4.69, 9.17) is 0 Å². The number of nitrogens with zero attached hydrogens (tertiary/aromatic N) is 4. The van der Waals surface area contributed by atoms with Crippen LogP contribution in [0.3, 0.4) is 0 Å². The summed E-state index contributed by atoms with van der Waals surface area (Å²) in [5, 5.41) is 14.9. The highest BCUT2D eigenvalue weighted by atomic mass is 16.3. The van der Waals surface area contributed by atoms with Crippen molar-refractivity contribution >= 4 is 16.9 Å². The number of aliphatic hydroxyl groups is 1. The van der Waals surface area contributed by atoms with Gasteiger partial charge in [0.1, 0.15) is 0 Å². The molecule has 3 heterocycles. The van der Waals surface area contributed by atoms with Gasteiger partial charge in [0.15, 0.2) is 5.65 Å². The van der Waals surface area contributed by atoms with Gasteiger partial charge in [-0.3, -0.25) is 9.48 Å². The molecule has 0 bridgehead atoms. The standard InChI is InChI=1S/C15H20N4O2/c1-9-13-6-12(7-16-14(13)18(3)17-9)15(21)19-5-4-11(8-19)10(2)20/h6-7,10-11,20H,4-5,8H2,1-3H3. The minimum Gasteiger partial charge on any atom is -0.393 e. The quantitative estimate of drug-likeness (QED) is 0.899. The third kappa shape index (κ3) is 2.40. The van der Waals surface area contributed by atoms with Crippen molar-refractivity contribution in [2.75, 3.05) is 13.1 Å². The molecule has 6 heteroatoms. The smallest absolute Gasteiger partial charge is 0.255 e. The van der Waals surface area contributed by atoms with Crippen LogP contribution in [0.4, 0.5) is 0 Å². The summed E-state index contributed by atoms with van der Waals surface area (Å²) < 4.78 is 1.72. The lowest BCUT2D eigenvalue weighted by Crippen LogP contribution is -2.30. The molecule has 2 atom stereocenters. The summed E-state index contributed by atoms with van der Waals surface area (Å²) in [6.07, 6.45) is 2.09. The maximum Gasteiger partial charge on any atom is 0.255 e. The molecule has 2 aromatic rings. The Morgan fingerprint density at radius 3 is 2.95 bits per heavy atom. The third-order valence-electron chi connectivity index (χ3n) is 4.30. The number of amides is 1. The zero-order valence-electron chi connectivity index (χ0n) is 12.6. The molecule has 3 rings (SSSR count). The van der Waals surface area contributed by atoms with Crippen LogP contribution in [0.1, 0.15) is 29.4 Å². The highest BCUT2D eigenvalue weighted by molar-refractivity contribution is 5.97. The monoisotopic (exact) mass is 288 g/mol. The van der Waals surface area contributed by atoms with E-state index in [-0.39, 0.29) is 17.9 Å². The van der Waals surface area contributed by atoms with Gasteiger partial charge in [0.2, 0.25) is 0 Å². The number of likely N-dealkylation sites (tertiary alicyclic amines) is 1. The summed E-state index contributed by atoms with van der Waals surface area (Å²) in [5.41, 5.74) is 2.25. The molecule has 1 saturated heterocycles. The summed E-state index contributed by atoms with van der Waals surface area (Å²) in [6, 6.07) is 1.86. The van der Waals surface area contributed by atoms with E-state index in [0.29, 0.717) is 18.7 Å². The molecule has 0 radical (unpaired) electrons. The summed E-state index contributed by atoms with van der Waals surface area (Å²) >= 11 is 0. The van der Waals surface area contributed by atoms with Crippen LogP contribution in [0.15, 0.2) is 12.3 Å². The average molecular weight is 288 g/mol. The van der Waals surface area contributed by atoms with Crippen LogP contribution in [-0.4, -0.2) is 49.9 Å². The van der Waals surface area contributed by atoms with Gasteiger partial charge in [0.25, 0.3) is 5.91 Å². The summed E-state index contributed by atoms with van der Waals surface area (Å²) in [7, 11) is 1.84. The van der Waals surface area contributed by atoms with Crippen molar-refractivity contribution in [1.29, 1.82) is 0 Å². The van der Waals surface area contributed by atoms with Crippen LogP contribution in [0.5, 0.6) is 0 Å². The van der Waals surface area contributed by atoms with E-state index in [0.717, 1.165) is 23.1 Å². The zero-order chi connectivity index (χ0) is 15.1. The molecule has 1 aliphatic heterocycles.